The molecule has 0 bridgehead atoms. The Hall–Kier alpha value is -2.11. The third-order valence-electron chi connectivity index (χ3n) is 4.49. The number of hydrogen-bond acceptors (Lipinski definition) is 5. The van der Waals surface area contributed by atoms with Crippen molar-refractivity contribution in [2.45, 2.75) is 51.1 Å². The summed E-state index contributed by atoms with van der Waals surface area (Å²) in [4.78, 5) is 0.147. The van der Waals surface area contributed by atoms with E-state index in [0.29, 0.717) is 6.61 Å². The molecule has 2 atom stereocenters. The lowest BCUT2D eigenvalue weighted by Gasteiger charge is -2.20. The number of benzene rings is 2. The first-order valence-corrected chi connectivity index (χ1v) is 15.1. The molecule has 0 saturated heterocycles. The highest BCUT2D eigenvalue weighted by Gasteiger charge is 2.22. The Bertz CT molecular complexity index is 997. The van der Waals surface area contributed by atoms with Crippen molar-refractivity contribution >= 4 is 18.2 Å². The van der Waals surface area contributed by atoms with Gasteiger partial charge in [0.25, 0.3) is 10.1 Å². The standard InChI is InChI=1S/C24H32O5SSi/c1-19-7-13-23(14-8-19)30(25,26)29-17-20(2)24(15-16-31(4,5)6)28-18-21-9-11-22(27-3)12-10-21/h7-14,20,24H,17-18H2,1-6H3/t20-,24+/m0/s1. The molecule has 168 valence electrons. The minimum absolute atomic E-state index is 0.0101. The Labute approximate surface area is 187 Å². The molecular formula is C24H32O5SSi. The van der Waals surface area contributed by atoms with Crippen LogP contribution in [0, 0.1) is 24.3 Å². The van der Waals surface area contributed by atoms with E-state index in [1.165, 1.54) is 0 Å². The van der Waals surface area contributed by atoms with Gasteiger partial charge in [-0.1, -0.05) is 62.3 Å². The molecule has 31 heavy (non-hydrogen) atoms. The molecule has 2 aromatic rings. The van der Waals surface area contributed by atoms with Gasteiger partial charge in [0, 0.05) is 5.92 Å². The molecule has 0 aliphatic heterocycles. The molecule has 7 heteroatoms. The summed E-state index contributed by atoms with van der Waals surface area (Å²) in [5.74, 6) is 3.77. The molecule has 0 N–H and O–H groups in total. The Kier molecular flexibility index (Phi) is 8.89. The van der Waals surface area contributed by atoms with Gasteiger partial charge >= 0.3 is 0 Å². The average Bonchev–Trinajstić information content (AvgIpc) is 2.72. The van der Waals surface area contributed by atoms with Crippen LogP contribution in [0.4, 0.5) is 0 Å². The first kappa shape index (κ1) is 25.2. The summed E-state index contributed by atoms with van der Waals surface area (Å²) in [6.07, 6.45) is -0.443. The number of ether oxygens (including phenoxy) is 2. The van der Waals surface area contributed by atoms with Gasteiger partial charge in [-0.15, -0.1) is 5.54 Å². The van der Waals surface area contributed by atoms with E-state index in [2.05, 4.69) is 31.1 Å². The third-order valence-corrected chi connectivity index (χ3v) is 6.68. The van der Waals surface area contributed by atoms with Crippen molar-refractivity contribution < 1.29 is 22.1 Å². The van der Waals surface area contributed by atoms with Gasteiger partial charge in [0.2, 0.25) is 0 Å². The van der Waals surface area contributed by atoms with Crippen LogP contribution >= 0.6 is 0 Å². The summed E-state index contributed by atoms with van der Waals surface area (Å²) in [6, 6.07) is 14.2. The van der Waals surface area contributed by atoms with Crippen molar-refractivity contribution in [1.82, 2.24) is 0 Å². The van der Waals surface area contributed by atoms with Gasteiger partial charge in [-0.3, -0.25) is 4.18 Å². The van der Waals surface area contributed by atoms with Crippen LogP contribution in [0.25, 0.3) is 0 Å². The van der Waals surface area contributed by atoms with Crippen LogP contribution in [-0.4, -0.2) is 36.3 Å². The predicted octanol–water partition coefficient (Wildman–Crippen LogP) is 4.81. The molecule has 0 unspecified atom stereocenters. The summed E-state index contributed by atoms with van der Waals surface area (Å²) in [7, 11) is -3.83. The Morgan fingerprint density at radius 3 is 2.16 bits per heavy atom. The van der Waals surface area contributed by atoms with Crippen LogP contribution in [0.15, 0.2) is 53.4 Å². The quantitative estimate of drug-likeness (QED) is 0.305. The average molecular weight is 461 g/mol. The topological polar surface area (TPSA) is 61.8 Å². The molecule has 0 fully saturated rings. The van der Waals surface area contributed by atoms with Gasteiger partial charge in [-0.2, -0.15) is 8.42 Å². The summed E-state index contributed by atoms with van der Waals surface area (Å²) < 4.78 is 41.6. The predicted molar refractivity (Wildman–Crippen MR) is 126 cm³/mol. The highest BCUT2D eigenvalue weighted by Crippen LogP contribution is 2.18. The second kappa shape index (κ2) is 11.0. The monoisotopic (exact) mass is 460 g/mol. The van der Waals surface area contributed by atoms with E-state index in [-0.39, 0.29) is 17.4 Å². The molecule has 0 radical (unpaired) electrons. The Balaban J connectivity index is 2.08. The second-order valence-electron chi connectivity index (χ2n) is 8.63. The van der Waals surface area contributed by atoms with Crippen LogP contribution in [-0.2, 0) is 25.6 Å². The molecule has 0 aliphatic carbocycles. The number of methoxy groups -OCH3 is 1. The molecule has 0 saturated carbocycles. The summed E-state index contributed by atoms with van der Waals surface area (Å²) in [5, 5.41) is 0. The third kappa shape index (κ3) is 8.50. The lowest BCUT2D eigenvalue weighted by Crippen LogP contribution is -2.27. The zero-order valence-corrected chi connectivity index (χ0v) is 21.0. The minimum atomic E-state index is -3.83. The van der Waals surface area contributed by atoms with Crippen molar-refractivity contribution in [2.24, 2.45) is 5.92 Å². The van der Waals surface area contributed by atoms with Gasteiger partial charge in [-0.25, -0.2) is 0 Å². The highest BCUT2D eigenvalue weighted by atomic mass is 32.2. The molecule has 0 spiro atoms. The fourth-order valence-corrected chi connectivity index (χ4v) is 4.18. The molecular weight excluding hydrogens is 428 g/mol. The fourth-order valence-electron chi connectivity index (χ4n) is 2.60. The molecule has 0 aliphatic rings. The van der Waals surface area contributed by atoms with Crippen molar-refractivity contribution in [1.29, 1.82) is 0 Å². The van der Waals surface area contributed by atoms with Gasteiger partial charge in [0.05, 0.1) is 25.2 Å². The SMILES string of the molecule is COc1ccc(CO[C@H](C#C[Si](C)(C)C)[C@@H](C)COS(=O)(=O)c2ccc(C)cc2)cc1. The van der Waals surface area contributed by atoms with Crippen molar-refractivity contribution in [3.8, 4) is 17.2 Å². The van der Waals surface area contributed by atoms with Crippen LogP contribution in [0.3, 0.4) is 0 Å². The maximum atomic E-state index is 12.5. The van der Waals surface area contributed by atoms with Gasteiger partial charge in [0.15, 0.2) is 0 Å². The largest absolute Gasteiger partial charge is 0.497 e. The molecule has 0 amide bonds. The van der Waals surface area contributed by atoms with Crippen LogP contribution in [0.1, 0.15) is 18.1 Å². The lowest BCUT2D eigenvalue weighted by atomic mass is 10.1. The lowest BCUT2D eigenvalue weighted by molar-refractivity contribution is 0.0301. The van der Waals surface area contributed by atoms with Gasteiger partial charge < -0.3 is 9.47 Å². The summed E-state index contributed by atoms with van der Waals surface area (Å²) >= 11 is 0. The minimum Gasteiger partial charge on any atom is -0.497 e. The first-order valence-electron chi connectivity index (χ1n) is 10.2. The fraction of sp³-hybridized carbons (Fsp3) is 0.417. The van der Waals surface area contributed by atoms with E-state index in [9.17, 15) is 8.42 Å². The van der Waals surface area contributed by atoms with Gasteiger partial charge in [0.1, 0.15) is 19.9 Å². The maximum absolute atomic E-state index is 12.5. The summed E-state index contributed by atoms with van der Waals surface area (Å²) in [6.45, 7) is 10.6. The van der Waals surface area contributed by atoms with E-state index in [0.717, 1.165) is 16.9 Å². The molecule has 2 rings (SSSR count). The number of aryl methyl sites for hydroxylation is 1. The summed E-state index contributed by atoms with van der Waals surface area (Å²) in [5.41, 5.74) is 5.31. The van der Waals surface area contributed by atoms with Crippen LogP contribution < -0.4 is 4.74 Å². The Morgan fingerprint density at radius 1 is 1.00 bits per heavy atom. The number of hydrogen-bond donors (Lipinski definition) is 0. The van der Waals surface area contributed by atoms with E-state index < -0.39 is 24.3 Å². The van der Waals surface area contributed by atoms with Crippen molar-refractivity contribution in [3.05, 3.63) is 59.7 Å². The normalized spacial score (nSPS) is 13.7. The van der Waals surface area contributed by atoms with E-state index in [4.69, 9.17) is 13.7 Å². The van der Waals surface area contributed by atoms with E-state index in [1.807, 2.05) is 38.1 Å². The molecule has 0 heterocycles. The van der Waals surface area contributed by atoms with E-state index >= 15 is 0 Å². The first-order chi connectivity index (χ1) is 14.5. The zero-order chi connectivity index (χ0) is 23.1. The van der Waals surface area contributed by atoms with Crippen molar-refractivity contribution in [3.63, 3.8) is 0 Å². The number of rotatable bonds is 9. The molecule has 0 aromatic heterocycles. The zero-order valence-electron chi connectivity index (χ0n) is 19.1. The van der Waals surface area contributed by atoms with Crippen LogP contribution in [0.2, 0.25) is 19.6 Å². The highest BCUT2D eigenvalue weighted by molar-refractivity contribution is 7.86. The van der Waals surface area contributed by atoms with Crippen molar-refractivity contribution in [2.75, 3.05) is 13.7 Å². The molecule has 5 nitrogen and oxygen atoms in total. The molecule has 2 aromatic carbocycles. The van der Waals surface area contributed by atoms with E-state index in [1.54, 1.807) is 31.4 Å². The smallest absolute Gasteiger partial charge is 0.296 e. The van der Waals surface area contributed by atoms with Crippen LogP contribution in [0.5, 0.6) is 5.75 Å². The second-order valence-corrected chi connectivity index (χ2v) is 15.0. The maximum Gasteiger partial charge on any atom is 0.296 e. The Morgan fingerprint density at radius 2 is 1.61 bits per heavy atom. The van der Waals surface area contributed by atoms with Gasteiger partial charge in [-0.05, 0) is 36.8 Å².